The van der Waals surface area contributed by atoms with E-state index in [2.05, 4.69) is 5.32 Å². The van der Waals surface area contributed by atoms with Gasteiger partial charge < -0.3 is 5.32 Å². The highest BCUT2D eigenvalue weighted by Crippen LogP contribution is 2.37. The molecule has 1 heterocycles. The van der Waals surface area contributed by atoms with Crippen molar-refractivity contribution < 1.29 is 17.6 Å². The number of nitrogens with one attached hydrogen (secondary N) is 1. The van der Waals surface area contributed by atoms with Gasteiger partial charge in [-0.1, -0.05) is 11.6 Å². The van der Waals surface area contributed by atoms with E-state index in [9.17, 15) is 17.6 Å². The van der Waals surface area contributed by atoms with Crippen molar-refractivity contribution in [3.8, 4) is 6.07 Å². The topological polar surface area (TPSA) is 39.1 Å². The first-order valence-electron chi connectivity index (χ1n) is 6.72. The van der Waals surface area contributed by atoms with Gasteiger partial charge in [0.25, 0.3) is 0 Å². The fraction of sp³-hybridized carbons (Fsp3) is 0.500. The summed E-state index contributed by atoms with van der Waals surface area (Å²) in [5.41, 5.74) is -1.18. The minimum absolute atomic E-state index is 0.103. The second kappa shape index (κ2) is 6.82. The van der Waals surface area contributed by atoms with Crippen LogP contribution in [0.25, 0.3) is 0 Å². The van der Waals surface area contributed by atoms with Gasteiger partial charge in [0.1, 0.15) is 5.82 Å². The first kappa shape index (κ1) is 17.0. The molecule has 22 heavy (non-hydrogen) atoms. The normalized spacial score (nSPS) is 18.0. The van der Waals surface area contributed by atoms with E-state index in [1.54, 1.807) is 4.90 Å². The van der Waals surface area contributed by atoms with Crippen molar-refractivity contribution in [3.05, 3.63) is 34.1 Å². The van der Waals surface area contributed by atoms with Crippen LogP contribution < -0.4 is 5.32 Å². The van der Waals surface area contributed by atoms with Crippen LogP contribution in [0, 0.1) is 17.1 Å². The Labute approximate surface area is 130 Å². The fourth-order valence-electron chi connectivity index (χ4n) is 2.53. The van der Waals surface area contributed by atoms with E-state index in [4.69, 9.17) is 16.9 Å². The van der Waals surface area contributed by atoms with Gasteiger partial charge in [0.05, 0.1) is 29.1 Å². The number of rotatable bonds is 3. The molecule has 0 saturated carbocycles. The molecule has 1 aromatic carbocycles. The third-order valence-electron chi connectivity index (χ3n) is 3.62. The average molecular weight is 336 g/mol. The van der Waals surface area contributed by atoms with Gasteiger partial charge >= 0.3 is 6.18 Å². The molecule has 120 valence electrons. The Hall–Kier alpha value is -1.36. The SMILES string of the molecule is N#CC[C@H](c1cc(C(F)(F)F)cc(Cl)c1F)N1CCNCC1. The number of alkyl halides is 3. The van der Waals surface area contributed by atoms with Crippen molar-refractivity contribution in [3.63, 3.8) is 0 Å². The Balaban J connectivity index is 2.46. The van der Waals surface area contributed by atoms with E-state index >= 15 is 0 Å². The molecule has 0 bridgehead atoms. The third kappa shape index (κ3) is 3.69. The fourth-order valence-corrected chi connectivity index (χ4v) is 2.76. The summed E-state index contributed by atoms with van der Waals surface area (Å²) in [5, 5.41) is 11.5. The van der Waals surface area contributed by atoms with E-state index in [0.717, 1.165) is 6.07 Å². The molecular weight excluding hydrogens is 322 g/mol. The molecule has 1 aromatic rings. The molecule has 1 saturated heterocycles. The Morgan fingerprint density at radius 1 is 1.32 bits per heavy atom. The van der Waals surface area contributed by atoms with Gasteiger partial charge in [0, 0.05) is 31.7 Å². The summed E-state index contributed by atoms with van der Waals surface area (Å²) in [7, 11) is 0. The molecule has 3 nitrogen and oxygen atoms in total. The lowest BCUT2D eigenvalue weighted by atomic mass is 9.98. The first-order chi connectivity index (χ1) is 10.3. The van der Waals surface area contributed by atoms with Crippen LogP contribution in [0.3, 0.4) is 0 Å². The van der Waals surface area contributed by atoms with E-state index in [1.807, 2.05) is 6.07 Å². The predicted molar refractivity (Wildman–Crippen MR) is 73.8 cm³/mol. The van der Waals surface area contributed by atoms with E-state index < -0.39 is 28.6 Å². The standard InChI is InChI=1S/C14H14ClF4N3/c15-11-8-9(14(17,18)19)7-10(13(11)16)12(1-2-20)22-5-3-21-4-6-22/h7-8,12,21H,1,3-6H2/t12-/m1/s1. The zero-order valence-corrected chi connectivity index (χ0v) is 12.3. The van der Waals surface area contributed by atoms with E-state index in [0.29, 0.717) is 32.2 Å². The van der Waals surface area contributed by atoms with Crippen molar-refractivity contribution in [2.24, 2.45) is 0 Å². The maximum absolute atomic E-state index is 14.2. The summed E-state index contributed by atoms with van der Waals surface area (Å²) in [6.07, 6.45) is -4.72. The maximum Gasteiger partial charge on any atom is 0.416 e. The van der Waals surface area contributed by atoms with E-state index in [1.165, 1.54) is 0 Å². The van der Waals surface area contributed by atoms with Gasteiger partial charge in [-0.25, -0.2) is 4.39 Å². The zero-order valence-electron chi connectivity index (χ0n) is 11.6. The summed E-state index contributed by atoms with van der Waals surface area (Å²) in [6, 6.07) is 2.50. The molecule has 0 radical (unpaired) electrons. The largest absolute Gasteiger partial charge is 0.416 e. The van der Waals surface area contributed by atoms with Gasteiger partial charge in [-0.05, 0) is 12.1 Å². The number of benzene rings is 1. The first-order valence-corrected chi connectivity index (χ1v) is 7.10. The number of hydrogen-bond acceptors (Lipinski definition) is 3. The average Bonchev–Trinajstić information content (AvgIpc) is 2.47. The summed E-state index contributed by atoms with van der Waals surface area (Å²) >= 11 is 5.62. The molecular formula is C14H14ClF4N3. The second-order valence-corrected chi connectivity index (χ2v) is 5.43. The molecule has 0 amide bonds. The van der Waals surface area contributed by atoms with Crippen molar-refractivity contribution in [2.75, 3.05) is 26.2 Å². The van der Waals surface area contributed by atoms with Crippen molar-refractivity contribution in [1.29, 1.82) is 5.26 Å². The molecule has 0 aromatic heterocycles. The van der Waals surface area contributed by atoms with Crippen LogP contribution in [0.15, 0.2) is 12.1 Å². The summed E-state index contributed by atoms with van der Waals surface area (Å²) in [4.78, 5) is 1.80. The van der Waals surface area contributed by atoms with Crippen molar-refractivity contribution in [1.82, 2.24) is 10.2 Å². The number of halogens is 5. The zero-order chi connectivity index (χ0) is 16.3. The third-order valence-corrected chi connectivity index (χ3v) is 3.89. The number of hydrogen-bond donors (Lipinski definition) is 1. The molecule has 1 aliphatic rings. The summed E-state index contributed by atoms with van der Waals surface area (Å²) in [6.45, 7) is 2.33. The molecule has 0 aliphatic carbocycles. The maximum atomic E-state index is 14.2. The molecule has 2 rings (SSSR count). The number of piperazine rings is 1. The lowest BCUT2D eigenvalue weighted by molar-refractivity contribution is -0.137. The number of nitriles is 1. The summed E-state index contributed by atoms with van der Waals surface area (Å²) in [5.74, 6) is -0.895. The minimum atomic E-state index is -4.62. The highest BCUT2D eigenvalue weighted by Gasteiger charge is 2.34. The van der Waals surface area contributed by atoms with Crippen LogP contribution in [0.5, 0.6) is 0 Å². The molecule has 1 N–H and O–H groups in total. The van der Waals surface area contributed by atoms with Crippen LogP contribution in [0.2, 0.25) is 5.02 Å². The lowest BCUT2D eigenvalue weighted by Gasteiger charge is -2.34. The van der Waals surface area contributed by atoms with Crippen LogP contribution in [0.4, 0.5) is 17.6 Å². The predicted octanol–water partition coefficient (Wildman–Crippen LogP) is 3.36. The van der Waals surface area contributed by atoms with Gasteiger partial charge in [-0.15, -0.1) is 0 Å². The van der Waals surface area contributed by atoms with Crippen LogP contribution in [-0.4, -0.2) is 31.1 Å². The molecule has 1 aliphatic heterocycles. The Bertz CT molecular complexity index is 577. The van der Waals surface area contributed by atoms with Crippen LogP contribution >= 0.6 is 11.6 Å². The quantitative estimate of drug-likeness (QED) is 0.861. The van der Waals surface area contributed by atoms with Gasteiger partial charge in [0.15, 0.2) is 0 Å². The smallest absolute Gasteiger partial charge is 0.314 e. The molecule has 0 unspecified atom stereocenters. The molecule has 8 heteroatoms. The van der Waals surface area contributed by atoms with E-state index in [-0.39, 0.29) is 12.0 Å². The highest BCUT2D eigenvalue weighted by atomic mass is 35.5. The second-order valence-electron chi connectivity index (χ2n) is 5.02. The lowest BCUT2D eigenvalue weighted by Crippen LogP contribution is -2.45. The Morgan fingerprint density at radius 3 is 2.50 bits per heavy atom. The van der Waals surface area contributed by atoms with Crippen LogP contribution in [0.1, 0.15) is 23.6 Å². The Morgan fingerprint density at radius 2 is 1.95 bits per heavy atom. The van der Waals surface area contributed by atoms with Gasteiger partial charge in [-0.2, -0.15) is 18.4 Å². The number of nitrogens with zero attached hydrogens (tertiary/aromatic N) is 2. The van der Waals surface area contributed by atoms with Crippen molar-refractivity contribution in [2.45, 2.75) is 18.6 Å². The monoisotopic (exact) mass is 335 g/mol. The molecule has 1 atom stereocenters. The molecule has 0 spiro atoms. The highest BCUT2D eigenvalue weighted by molar-refractivity contribution is 6.30. The van der Waals surface area contributed by atoms with Crippen molar-refractivity contribution >= 4 is 11.6 Å². The Kier molecular flexibility index (Phi) is 5.27. The minimum Gasteiger partial charge on any atom is -0.314 e. The van der Waals surface area contributed by atoms with Gasteiger partial charge in [0.2, 0.25) is 0 Å². The van der Waals surface area contributed by atoms with Crippen LogP contribution in [-0.2, 0) is 6.18 Å². The summed E-state index contributed by atoms with van der Waals surface area (Å²) < 4.78 is 53.0. The van der Waals surface area contributed by atoms with Gasteiger partial charge in [-0.3, -0.25) is 4.90 Å². The molecule has 1 fully saturated rings.